The van der Waals surface area contributed by atoms with E-state index in [2.05, 4.69) is 14.8 Å². The van der Waals surface area contributed by atoms with Crippen molar-refractivity contribution >= 4 is 5.97 Å². The molecular formula is C13H21N3O2. The van der Waals surface area contributed by atoms with Crippen LogP contribution in [0.25, 0.3) is 0 Å². The highest BCUT2D eigenvalue weighted by Crippen LogP contribution is 2.26. The Bertz CT molecular complexity index is 437. The van der Waals surface area contributed by atoms with Crippen LogP contribution in [0.15, 0.2) is 0 Å². The van der Waals surface area contributed by atoms with E-state index in [1.54, 1.807) is 0 Å². The fourth-order valence-electron chi connectivity index (χ4n) is 2.35. The molecule has 0 aromatic carbocycles. The first-order valence-electron chi connectivity index (χ1n) is 6.67. The van der Waals surface area contributed by atoms with Crippen molar-refractivity contribution in [3.05, 3.63) is 11.6 Å². The molecule has 1 aliphatic rings. The molecule has 0 spiro atoms. The van der Waals surface area contributed by atoms with Crippen LogP contribution in [0, 0.1) is 0 Å². The molecule has 100 valence electrons. The molecule has 1 aromatic heterocycles. The number of carbonyl (C=O) groups excluding carboxylic acids is 1. The van der Waals surface area contributed by atoms with Crippen molar-refractivity contribution in [1.82, 2.24) is 14.8 Å². The number of aryl methyl sites for hydroxylation is 1. The minimum atomic E-state index is -0.731. The predicted octanol–water partition coefficient (Wildman–Crippen LogP) is 1.85. The molecular weight excluding hydrogens is 230 g/mol. The van der Waals surface area contributed by atoms with Gasteiger partial charge in [-0.15, -0.1) is 10.2 Å². The van der Waals surface area contributed by atoms with Gasteiger partial charge in [0.25, 0.3) is 0 Å². The largest absolute Gasteiger partial charge is 0.465 e. The Balaban J connectivity index is 2.33. The lowest BCUT2D eigenvalue weighted by Gasteiger charge is -2.22. The van der Waals surface area contributed by atoms with Gasteiger partial charge in [0, 0.05) is 13.0 Å². The monoisotopic (exact) mass is 251 g/mol. The Morgan fingerprint density at radius 2 is 2.11 bits per heavy atom. The number of hydrogen-bond donors (Lipinski definition) is 0. The molecule has 2 heterocycles. The van der Waals surface area contributed by atoms with Crippen molar-refractivity contribution in [2.45, 2.75) is 58.4 Å². The van der Waals surface area contributed by atoms with Crippen LogP contribution in [0.2, 0.25) is 0 Å². The third-order valence-corrected chi connectivity index (χ3v) is 3.45. The molecule has 18 heavy (non-hydrogen) atoms. The van der Waals surface area contributed by atoms with Crippen LogP contribution in [0.4, 0.5) is 0 Å². The van der Waals surface area contributed by atoms with Crippen molar-refractivity contribution in [3.8, 4) is 0 Å². The van der Waals surface area contributed by atoms with Crippen LogP contribution < -0.4 is 0 Å². The van der Waals surface area contributed by atoms with E-state index in [4.69, 9.17) is 4.74 Å². The van der Waals surface area contributed by atoms with Crippen LogP contribution >= 0.6 is 0 Å². The van der Waals surface area contributed by atoms with Crippen LogP contribution in [0.3, 0.4) is 0 Å². The van der Waals surface area contributed by atoms with E-state index in [9.17, 15) is 4.79 Å². The van der Waals surface area contributed by atoms with E-state index in [1.165, 1.54) is 6.42 Å². The Kier molecular flexibility index (Phi) is 3.68. The number of carbonyl (C=O) groups is 1. The summed E-state index contributed by atoms with van der Waals surface area (Å²) in [5.41, 5.74) is -0.731. The molecule has 0 atom stereocenters. The summed E-state index contributed by atoms with van der Waals surface area (Å²) in [4.78, 5) is 12.0. The van der Waals surface area contributed by atoms with Gasteiger partial charge in [-0.25, -0.2) is 0 Å². The number of aromatic nitrogens is 3. The van der Waals surface area contributed by atoms with Gasteiger partial charge in [0.1, 0.15) is 17.1 Å². The minimum Gasteiger partial charge on any atom is -0.465 e. The van der Waals surface area contributed by atoms with Crippen molar-refractivity contribution in [1.29, 1.82) is 0 Å². The average molecular weight is 251 g/mol. The van der Waals surface area contributed by atoms with Gasteiger partial charge >= 0.3 is 5.97 Å². The molecule has 0 radical (unpaired) electrons. The number of fused-ring (bicyclic) bond motifs is 1. The SMILES string of the molecule is CCOC(=O)C(C)(C)c1nnc2n1CCCCC2. The number of ether oxygens (including phenoxy) is 1. The summed E-state index contributed by atoms with van der Waals surface area (Å²) < 4.78 is 7.23. The Labute approximate surface area is 108 Å². The minimum absolute atomic E-state index is 0.232. The lowest BCUT2D eigenvalue weighted by molar-refractivity contribution is -0.149. The smallest absolute Gasteiger partial charge is 0.319 e. The molecule has 5 heteroatoms. The molecule has 0 saturated carbocycles. The van der Waals surface area contributed by atoms with E-state index in [-0.39, 0.29) is 5.97 Å². The third kappa shape index (κ3) is 2.26. The molecule has 0 N–H and O–H groups in total. The molecule has 0 fully saturated rings. The zero-order valence-electron chi connectivity index (χ0n) is 11.4. The molecule has 0 bridgehead atoms. The van der Waals surface area contributed by atoms with Crippen LogP contribution in [0.1, 0.15) is 51.7 Å². The molecule has 1 aromatic rings. The van der Waals surface area contributed by atoms with Gasteiger partial charge in [-0.2, -0.15) is 0 Å². The highest BCUT2D eigenvalue weighted by atomic mass is 16.5. The molecule has 2 rings (SSSR count). The number of hydrogen-bond acceptors (Lipinski definition) is 4. The second-order valence-electron chi connectivity index (χ2n) is 5.25. The first-order valence-corrected chi connectivity index (χ1v) is 6.67. The molecule has 0 saturated heterocycles. The van der Waals surface area contributed by atoms with Crippen molar-refractivity contribution < 1.29 is 9.53 Å². The first kappa shape index (κ1) is 13.1. The third-order valence-electron chi connectivity index (χ3n) is 3.45. The lowest BCUT2D eigenvalue weighted by atomic mass is 9.92. The molecule has 0 unspecified atom stereocenters. The summed E-state index contributed by atoms with van der Waals surface area (Å²) in [6.45, 7) is 6.82. The summed E-state index contributed by atoms with van der Waals surface area (Å²) in [6.07, 6.45) is 4.43. The zero-order valence-corrected chi connectivity index (χ0v) is 11.4. The van der Waals surface area contributed by atoms with Gasteiger partial charge < -0.3 is 9.30 Å². The zero-order chi connectivity index (χ0) is 13.2. The van der Waals surface area contributed by atoms with Gasteiger partial charge in [-0.3, -0.25) is 4.79 Å². The average Bonchev–Trinajstić information content (AvgIpc) is 2.60. The van der Waals surface area contributed by atoms with Gasteiger partial charge in [0.15, 0.2) is 0 Å². The van der Waals surface area contributed by atoms with Gasteiger partial charge in [-0.1, -0.05) is 6.42 Å². The fraction of sp³-hybridized carbons (Fsp3) is 0.769. The van der Waals surface area contributed by atoms with Crippen LogP contribution in [0.5, 0.6) is 0 Å². The Morgan fingerprint density at radius 3 is 2.83 bits per heavy atom. The number of nitrogens with zero attached hydrogens (tertiary/aromatic N) is 3. The predicted molar refractivity (Wildman–Crippen MR) is 67.2 cm³/mol. The number of rotatable bonds is 3. The molecule has 0 amide bonds. The first-order chi connectivity index (χ1) is 8.57. The maximum absolute atomic E-state index is 12.0. The normalized spacial score (nSPS) is 15.9. The van der Waals surface area contributed by atoms with E-state index >= 15 is 0 Å². The molecule has 5 nitrogen and oxygen atoms in total. The van der Waals surface area contributed by atoms with E-state index in [1.807, 2.05) is 20.8 Å². The summed E-state index contributed by atoms with van der Waals surface area (Å²) in [6, 6.07) is 0. The lowest BCUT2D eigenvalue weighted by Crippen LogP contribution is -2.34. The van der Waals surface area contributed by atoms with Crippen LogP contribution in [-0.4, -0.2) is 27.3 Å². The van der Waals surface area contributed by atoms with Gasteiger partial charge in [0.2, 0.25) is 0 Å². The fourth-order valence-corrected chi connectivity index (χ4v) is 2.35. The Hall–Kier alpha value is -1.39. The van der Waals surface area contributed by atoms with Gasteiger partial charge in [-0.05, 0) is 33.6 Å². The second kappa shape index (κ2) is 5.08. The second-order valence-corrected chi connectivity index (χ2v) is 5.25. The highest BCUT2D eigenvalue weighted by molar-refractivity contribution is 5.81. The van der Waals surface area contributed by atoms with Crippen LogP contribution in [-0.2, 0) is 27.9 Å². The quantitative estimate of drug-likeness (QED) is 0.769. The molecule has 1 aliphatic heterocycles. The summed E-state index contributed by atoms with van der Waals surface area (Å²) in [5.74, 6) is 1.50. The van der Waals surface area contributed by atoms with E-state index in [0.29, 0.717) is 6.61 Å². The Morgan fingerprint density at radius 1 is 1.33 bits per heavy atom. The highest BCUT2D eigenvalue weighted by Gasteiger charge is 2.37. The van der Waals surface area contributed by atoms with E-state index < -0.39 is 5.41 Å². The maximum Gasteiger partial charge on any atom is 0.319 e. The maximum atomic E-state index is 12.0. The molecule has 0 aliphatic carbocycles. The summed E-state index contributed by atoms with van der Waals surface area (Å²) in [5, 5.41) is 8.46. The number of esters is 1. The van der Waals surface area contributed by atoms with Gasteiger partial charge in [0.05, 0.1) is 6.61 Å². The van der Waals surface area contributed by atoms with Crippen molar-refractivity contribution in [2.24, 2.45) is 0 Å². The summed E-state index contributed by atoms with van der Waals surface area (Å²) >= 11 is 0. The summed E-state index contributed by atoms with van der Waals surface area (Å²) in [7, 11) is 0. The van der Waals surface area contributed by atoms with Crippen molar-refractivity contribution in [3.63, 3.8) is 0 Å². The van der Waals surface area contributed by atoms with Crippen molar-refractivity contribution in [2.75, 3.05) is 6.61 Å². The topological polar surface area (TPSA) is 57.0 Å². The van der Waals surface area contributed by atoms with E-state index in [0.717, 1.165) is 37.5 Å². The standard InChI is InChI=1S/C13H21N3O2/c1-4-18-12(17)13(2,3)11-15-14-10-8-6-5-7-9-16(10)11/h4-9H2,1-3H3.